The summed E-state index contributed by atoms with van der Waals surface area (Å²) in [4.78, 5) is 2.26. The lowest BCUT2D eigenvalue weighted by atomic mass is 10.1. The Morgan fingerprint density at radius 2 is 2.30 bits per heavy atom. The molecule has 0 saturated carbocycles. The van der Waals surface area contributed by atoms with E-state index in [1.165, 1.54) is 19.3 Å². The Kier molecular flexibility index (Phi) is 5.83. The van der Waals surface area contributed by atoms with Crippen LogP contribution in [0.25, 0.3) is 0 Å². The Labute approximate surface area is 121 Å². The molecule has 0 amide bonds. The third kappa shape index (κ3) is 4.47. The molecule has 0 bridgehead atoms. The molecule has 112 valence electrons. The topological polar surface area (TPSA) is 47.7 Å². The summed E-state index contributed by atoms with van der Waals surface area (Å²) < 4.78 is 11.0. The van der Waals surface area contributed by atoms with Gasteiger partial charge in [-0.25, -0.2) is 0 Å². The van der Waals surface area contributed by atoms with Crippen LogP contribution in [0.3, 0.4) is 0 Å². The molecule has 2 unspecified atom stereocenters. The highest BCUT2D eigenvalue weighted by molar-refractivity contribution is 5.30. The standard InChI is InChI=1S/C16H26N2O2/c1-18(11-15-7-3-4-9-20-15)12-16(17)13-6-5-8-14(10-13)19-2/h5-6,8,10,15-16H,3-4,7,9,11-12,17H2,1-2H3. The first-order chi connectivity index (χ1) is 9.69. The van der Waals surface area contributed by atoms with Gasteiger partial charge in [0.05, 0.1) is 13.2 Å². The number of rotatable bonds is 6. The smallest absolute Gasteiger partial charge is 0.119 e. The molecule has 2 atom stereocenters. The average Bonchev–Trinajstić information content (AvgIpc) is 2.48. The summed E-state index contributed by atoms with van der Waals surface area (Å²) in [5.41, 5.74) is 7.40. The molecule has 20 heavy (non-hydrogen) atoms. The molecule has 0 aromatic heterocycles. The average molecular weight is 278 g/mol. The number of hydrogen-bond acceptors (Lipinski definition) is 4. The van der Waals surface area contributed by atoms with E-state index < -0.39 is 0 Å². The maximum absolute atomic E-state index is 6.29. The van der Waals surface area contributed by atoms with Gasteiger partial charge in [-0.3, -0.25) is 0 Å². The van der Waals surface area contributed by atoms with Crippen molar-refractivity contribution in [3.05, 3.63) is 29.8 Å². The number of benzene rings is 1. The van der Waals surface area contributed by atoms with Crippen molar-refractivity contribution in [3.63, 3.8) is 0 Å². The Morgan fingerprint density at radius 3 is 3.00 bits per heavy atom. The molecule has 1 aliphatic rings. The molecule has 0 aliphatic carbocycles. The Morgan fingerprint density at radius 1 is 1.45 bits per heavy atom. The van der Waals surface area contributed by atoms with Crippen LogP contribution in [0.4, 0.5) is 0 Å². The summed E-state index contributed by atoms with van der Waals surface area (Å²) in [6.45, 7) is 2.69. The van der Waals surface area contributed by atoms with Gasteiger partial charge in [0.15, 0.2) is 0 Å². The molecular formula is C16H26N2O2. The van der Waals surface area contributed by atoms with Crippen LogP contribution >= 0.6 is 0 Å². The first-order valence-electron chi connectivity index (χ1n) is 7.38. The van der Waals surface area contributed by atoms with Crippen molar-refractivity contribution in [2.24, 2.45) is 5.73 Å². The molecule has 0 radical (unpaired) electrons. The van der Waals surface area contributed by atoms with Crippen LogP contribution in [0.1, 0.15) is 30.9 Å². The van der Waals surface area contributed by atoms with Crippen molar-refractivity contribution in [1.82, 2.24) is 4.90 Å². The van der Waals surface area contributed by atoms with Gasteiger partial charge in [0.1, 0.15) is 5.75 Å². The molecule has 0 spiro atoms. The van der Waals surface area contributed by atoms with Gasteiger partial charge in [0.25, 0.3) is 0 Å². The summed E-state index contributed by atoms with van der Waals surface area (Å²) in [5.74, 6) is 0.858. The van der Waals surface area contributed by atoms with E-state index in [1.54, 1.807) is 7.11 Å². The molecule has 1 fully saturated rings. The van der Waals surface area contributed by atoms with Crippen LogP contribution < -0.4 is 10.5 Å². The van der Waals surface area contributed by atoms with Crippen molar-refractivity contribution in [2.45, 2.75) is 31.4 Å². The molecule has 1 saturated heterocycles. The minimum absolute atomic E-state index is 0.00121. The lowest BCUT2D eigenvalue weighted by molar-refractivity contribution is -0.00214. The maximum atomic E-state index is 6.29. The predicted octanol–water partition coefficient (Wildman–Crippen LogP) is 2.20. The summed E-state index contributed by atoms with van der Waals surface area (Å²) in [6.07, 6.45) is 4.01. The molecule has 1 aliphatic heterocycles. The van der Waals surface area contributed by atoms with Gasteiger partial charge in [-0.1, -0.05) is 12.1 Å². The second-order valence-electron chi connectivity index (χ2n) is 5.59. The highest BCUT2D eigenvalue weighted by Crippen LogP contribution is 2.19. The van der Waals surface area contributed by atoms with Crippen LogP contribution in [-0.2, 0) is 4.74 Å². The molecule has 1 aromatic carbocycles. The molecule has 2 rings (SSSR count). The van der Waals surface area contributed by atoms with E-state index in [1.807, 2.05) is 18.2 Å². The fourth-order valence-electron chi connectivity index (χ4n) is 2.69. The number of hydrogen-bond donors (Lipinski definition) is 1. The largest absolute Gasteiger partial charge is 0.497 e. The molecule has 4 nitrogen and oxygen atoms in total. The van der Waals surface area contributed by atoms with Crippen LogP contribution in [0.15, 0.2) is 24.3 Å². The summed E-state index contributed by atoms with van der Waals surface area (Å²) in [5, 5.41) is 0. The fraction of sp³-hybridized carbons (Fsp3) is 0.625. The maximum Gasteiger partial charge on any atom is 0.119 e. The SMILES string of the molecule is COc1cccc(C(N)CN(C)CC2CCCCO2)c1. The van der Waals surface area contributed by atoms with Crippen LogP contribution in [0.5, 0.6) is 5.75 Å². The highest BCUT2D eigenvalue weighted by Gasteiger charge is 2.17. The summed E-state index contributed by atoms with van der Waals surface area (Å²) in [6, 6.07) is 7.99. The molecule has 4 heteroatoms. The van der Waals surface area contributed by atoms with E-state index in [9.17, 15) is 0 Å². The fourth-order valence-corrected chi connectivity index (χ4v) is 2.69. The highest BCUT2D eigenvalue weighted by atomic mass is 16.5. The Bertz CT molecular complexity index is 405. The van der Waals surface area contributed by atoms with Gasteiger partial charge in [-0.15, -0.1) is 0 Å². The van der Waals surface area contributed by atoms with Crippen LogP contribution in [0, 0.1) is 0 Å². The van der Waals surface area contributed by atoms with Crippen LogP contribution in [0.2, 0.25) is 0 Å². The molecule has 1 heterocycles. The lowest BCUT2D eigenvalue weighted by Crippen LogP contribution is -2.37. The van der Waals surface area contributed by atoms with Gasteiger partial charge in [0.2, 0.25) is 0 Å². The normalized spacial score (nSPS) is 20.9. The van der Waals surface area contributed by atoms with E-state index in [0.29, 0.717) is 6.10 Å². The van der Waals surface area contributed by atoms with E-state index in [4.69, 9.17) is 15.2 Å². The van der Waals surface area contributed by atoms with Crippen molar-refractivity contribution < 1.29 is 9.47 Å². The Hall–Kier alpha value is -1.10. The number of methoxy groups -OCH3 is 1. The van der Waals surface area contributed by atoms with Gasteiger partial charge >= 0.3 is 0 Å². The zero-order valence-corrected chi connectivity index (χ0v) is 12.5. The van der Waals surface area contributed by atoms with E-state index in [-0.39, 0.29) is 6.04 Å². The van der Waals surface area contributed by atoms with Crippen molar-refractivity contribution >= 4 is 0 Å². The minimum atomic E-state index is -0.00121. The lowest BCUT2D eigenvalue weighted by Gasteiger charge is -2.29. The number of nitrogens with zero attached hydrogens (tertiary/aromatic N) is 1. The molecule has 2 N–H and O–H groups in total. The zero-order chi connectivity index (χ0) is 14.4. The van der Waals surface area contributed by atoms with Gasteiger partial charge in [-0.05, 0) is 44.0 Å². The number of nitrogens with two attached hydrogens (primary N) is 1. The van der Waals surface area contributed by atoms with E-state index in [0.717, 1.165) is 31.0 Å². The van der Waals surface area contributed by atoms with E-state index >= 15 is 0 Å². The summed E-state index contributed by atoms with van der Waals surface area (Å²) >= 11 is 0. The van der Waals surface area contributed by atoms with Crippen molar-refractivity contribution in [2.75, 3.05) is 33.9 Å². The van der Waals surface area contributed by atoms with Gasteiger partial charge < -0.3 is 20.1 Å². The third-order valence-electron chi connectivity index (χ3n) is 3.82. The second kappa shape index (κ2) is 7.62. The minimum Gasteiger partial charge on any atom is -0.497 e. The predicted molar refractivity (Wildman–Crippen MR) is 81.0 cm³/mol. The number of likely N-dealkylation sites (N-methyl/N-ethyl adjacent to an activating group) is 1. The van der Waals surface area contributed by atoms with Gasteiger partial charge in [-0.2, -0.15) is 0 Å². The first kappa shape index (κ1) is 15.3. The zero-order valence-electron chi connectivity index (χ0n) is 12.5. The van der Waals surface area contributed by atoms with E-state index in [2.05, 4.69) is 18.0 Å². The first-order valence-corrected chi connectivity index (χ1v) is 7.38. The third-order valence-corrected chi connectivity index (χ3v) is 3.82. The van der Waals surface area contributed by atoms with Crippen LogP contribution in [-0.4, -0.2) is 44.9 Å². The monoisotopic (exact) mass is 278 g/mol. The molecule has 1 aromatic rings. The van der Waals surface area contributed by atoms with Crippen molar-refractivity contribution in [1.29, 1.82) is 0 Å². The quantitative estimate of drug-likeness (QED) is 0.866. The number of ether oxygens (including phenoxy) is 2. The second-order valence-corrected chi connectivity index (χ2v) is 5.59. The molecular weight excluding hydrogens is 252 g/mol. The van der Waals surface area contributed by atoms with Gasteiger partial charge in [0, 0.05) is 25.7 Å². The van der Waals surface area contributed by atoms with Crippen molar-refractivity contribution in [3.8, 4) is 5.75 Å². The summed E-state index contributed by atoms with van der Waals surface area (Å²) in [7, 11) is 3.79. The Balaban J connectivity index is 1.84.